The Morgan fingerprint density at radius 2 is 2.04 bits per heavy atom. The van der Waals surface area contributed by atoms with Gasteiger partial charge in [0.15, 0.2) is 0 Å². The molecule has 5 nitrogen and oxygen atoms in total. The second-order valence-electron chi connectivity index (χ2n) is 5.10. The molecule has 1 saturated heterocycles. The zero-order valence-corrected chi connectivity index (χ0v) is 14.7. The molecular formula is C16H22N2O3S2. The topological polar surface area (TPSA) is 58.6 Å². The number of benzene rings is 1. The van der Waals surface area contributed by atoms with Crippen LogP contribution in [-0.2, 0) is 16.6 Å². The molecule has 126 valence electrons. The highest BCUT2D eigenvalue weighted by atomic mass is 32.2. The monoisotopic (exact) mass is 354 g/mol. The van der Waals surface area contributed by atoms with E-state index >= 15 is 0 Å². The van der Waals surface area contributed by atoms with Gasteiger partial charge in [0, 0.05) is 43.2 Å². The fraction of sp³-hybridized carbons (Fsp3) is 0.500. The van der Waals surface area contributed by atoms with Crippen LogP contribution in [0.3, 0.4) is 0 Å². The number of rotatable bonds is 8. The smallest absolute Gasteiger partial charge is 0.215 e. The van der Waals surface area contributed by atoms with Crippen molar-refractivity contribution in [3.63, 3.8) is 0 Å². The third-order valence-corrected chi connectivity index (χ3v) is 6.31. The third kappa shape index (κ3) is 5.74. The van der Waals surface area contributed by atoms with Gasteiger partial charge < -0.3 is 10.1 Å². The molecule has 0 unspecified atom stereocenters. The summed E-state index contributed by atoms with van der Waals surface area (Å²) in [5, 5.41) is 3.17. The maximum Gasteiger partial charge on any atom is 0.215 e. The Kier molecular flexibility index (Phi) is 7.24. The number of nitrogens with one attached hydrogen (secondary N) is 1. The average Bonchev–Trinajstić information content (AvgIpc) is 2.58. The predicted octanol–water partition coefficient (Wildman–Crippen LogP) is 1.17. The van der Waals surface area contributed by atoms with Crippen LogP contribution >= 0.6 is 11.8 Å². The first-order valence-corrected chi connectivity index (χ1v) is 10.3. The number of hydrogen-bond acceptors (Lipinski definition) is 5. The fourth-order valence-corrected chi connectivity index (χ4v) is 4.82. The van der Waals surface area contributed by atoms with Crippen LogP contribution in [-0.4, -0.2) is 56.2 Å². The summed E-state index contributed by atoms with van der Waals surface area (Å²) in [5.41, 5.74) is 0.967. The van der Waals surface area contributed by atoms with E-state index < -0.39 is 10.0 Å². The summed E-state index contributed by atoms with van der Waals surface area (Å²) in [5.74, 6) is 5.05. The average molecular weight is 354 g/mol. The van der Waals surface area contributed by atoms with E-state index in [1.807, 2.05) is 24.3 Å². The van der Waals surface area contributed by atoms with Crippen LogP contribution in [0.15, 0.2) is 24.3 Å². The molecule has 1 fully saturated rings. The number of para-hydroxylation sites is 1. The fourth-order valence-electron chi connectivity index (χ4n) is 2.29. The van der Waals surface area contributed by atoms with Gasteiger partial charge in [-0.3, -0.25) is 0 Å². The van der Waals surface area contributed by atoms with Crippen molar-refractivity contribution in [2.24, 2.45) is 0 Å². The molecule has 0 amide bonds. The zero-order chi connectivity index (χ0) is 16.5. The predicted molar refractivity (Wildman–Crippen MR) is 95.2 cm³/mol. The molecule has 1 aliphatic heterocycles. The van der Waals surface area contributed by atoms with Crippen LogP contribution in [0.5, 0.6) is 5.75 Å². The van der Waals surface area contributed by atoms with Crippen molar-refractivity contribution in [1.29, 1.82) is 0 Å². The van der Waals surface area contributed by atoms with Gasteiger partial charge in [-0.1, -0.05) is 24.1 Å². The summed E-state index contributed by atoms with van der Waals surface area (Å²) in [4.78, 5) is 0. The van der Waals surface area contributed by atoms with Gasteiger partial charge in [-0.25, -0.2) is 12.7 Å². The van der Waals surface area contributed by atoms with Crippen molar-refractivity contribution < 1.29 is 13.2 Å². The van der Waals surface area contributed by atoms with E-state index in [0.717, 1.165) is 22.8 Å². The molecule has 7 heteroatoms. The summed E-state index contributed by atoms with van der Waals surface area (Å²) in [6.07, 6.45) is 5.20. The van der Waals surface area contributed by atoms with Crippen molar-refractivity contribution >= 4 is 21.8 Å². The van der Waals surface area contributed by atoms with Crippen molar-refractivity contribution in [3.05, 3.63) is 29.8 Å². The maximum absolute atomic E-state index is 12.2. The Hall–Kier alpha value is -1.20. The first-order chi connectivity index (χ1) is 11.1. The minimum absolute atomic E-state index is 0.116. The highest BCUT2D eigenvalue weighted by Gasteiger charge is 2.23. The summed E-state index contributed by atoms with van der Waals surface area (Å²) >= 11 is 1.80. The minimum atomic E-state index is -3.16. The zero-order valence-electron chi connectivity index (χ0n) is 13.0. The molecule has 0 atom stereocenters. The molecule has 0 aromatic heterocycles. The standard InChI is InChI=1S/C16H22N2O3S2/c1-2-10-21-16-6-4-3-5-15(16)14-17-7-13-23(19,20)18-8-11-22-12-9-18/h1,3-6,17H,7-14H2. The van der Waals surface area contributed by atoms with Gasteiger partial charge >= 0.3 is 0 Å². The highest BCUT2D eigenvalue weighted by Crippen LogP contribution is 2.17. The van der Waals surface area contributed by atoms with Gasteiger partial charge in [0.2, 0.25) is 10.0 Å². The lowest BCUT2D eigenvalue weighted by Gasteiger charge is -2.25. The molecule has 0 radical (unpaired) electrons. The second kappa shape index (κ2) is 9.18. The molecule has 0 aliphatic carbocycles. The van der Waals surface area contributed by atoms with Crippen LogP contribution in [0.25, 0.3) is 0 Å². The Bertz CT molecular complexity index is 635. The number of terminal acetylenes is 1. The summed E-state index contributed by atoms with van der Waals surface area (Å²) in [7, 11) is -3.16. The Morgan fingerprint density at radius 3 is 2.78 bits per heavy atom. The summed E-state index contributed by atoms with van der Waals surface area (Å²) in [6, 6.07) is 7.60. The van der Waals surface area contributed by atoms with Crippen molar-refractivity contribution in [2.75, 3.05) is 43.5 Å². The minimum Gasteiger partial charge on any atom is -0.481 e. The lowest BCUT2D eigenvalue weighted by atomic mass is 10.2. The molecule has 1 aromatic carbocycles. The molecule has 0 saturated carbocycles. The first-order valence-electron chi connectivity index (χ1n) is 7.54. The Labute approximate surface area is 142 Å². The van der Waals surface area contributed by atoms with Crippen molar-refractivity contribution in [3.8, 4) is 18.1 Å². The van der Waals surface area contributed by atoms with Gasteiger partial charge in [-0.15, -0.1) is 6.42 Å². The lowest BCUT2D eigenvalue weighted by molar-refractivity contribution is 0.365. The van der Waals surface area contributed by atoms with Crippen molar-refractivity contribution in [2.45, 2.75) is 6.54 Å². The van der Waals surface area contributed by atoms with E-state index in [4.69, 9.17) is 11.2 Å². The first kappa shape index (κ1) is 18.1. The molecule has 0 spiro atoms. The molecule has 2 rings (SSSR count). The number of ether oxygens (including phenoxy) is 1. The largest absolute Gasteiger partial charge is 0.481 e. The normalized spacial score (nSPS) is 16.0. The van der Waals surface area contributed by atoms with Gasteiger partial charge in [0.05, 0.1) is 5.75 Å². The Balaban J connectivity index is 1.80. The van der Waals surface area contributed by atoms with Gasteiger partial charge in [0.25, 0.3) is 0 Å². The van der Waals surface area contributed by atoms with Gasteiger partial charge in [-0.2, -0.15) is 11.8 Å². The van der Waals surface area contributed by atoms with E-state index in [2.05, 4.69) is 11.2 Å². The second-order valence-corrected chi connectivity index (χ2v) is 8.42. The summed E-state index contributed by atoms with van der Waals surface area (Å²) < 4.78 is 31.5. The van der Waals surface area contributed by atoms with E-state index in [1.165, 1.54) is 0 Å². The van der Waals surface area contributed by atoms with Crippen LogP contribution in [0.4, 0.5) is 0 Å². The molecule has 23 heavy (non-hydrogen) atoms. The van der Waals surface area contributed by atoms with Crippen LogP contribution in [0.1, 0.15) is 5.56 Å². The lowest BCUT2D eigenvalue weighted by Crippen LogP contribution is -2.41. The number of hydrogen-bond donors (Lipinski definition) is 1. The molecular weight excluding hydrogens is 332 g/mol. The highest BCUT2D eigenvalue weighted by molar-refractivity contribution is 7.99. The Morgan fingerprint density at radius 1 is 1.30 bits per heavy atom. The van der Waals surface area contributed by atoms with E-state index in [1.54, 1.807) is 16.1 Å². The van der Waals surface area contributed by atoms with Crippen LogP contribution < -0.4 is 10.1 Å². The van der Waals surface area contributed by atoms with Crippen LogP contribution in [0.2, 0.25) is 0 Å². The van der Waals surface area contributed by atoms with Crippen LogP contribution in [0, 0.1) is 12.3 Å². The molecule has 1 aromatic rings. The summed E-state index contributed by atoms with van der Waals surface area (Å²) in [6.45, 7) is 2.42. The SMILES string of the molecule is C#CCOc1ccccc1CNCCS(=O)(=O)N1CCSCC1. The van der Waals surface area contributed by atoms with Gasteiger partial charge in [-0.05, 0) is 6.07 Å². The number of nitrogens with zero attached hydrogens (tertiary/aromatic N) is 1. The number of thioether (sulfide) groups is 1. The van der Waals surface area contributed by atoms with Crippen molar-refractivity contribution in [1.82, 2.24) is 9.62 Å². The molecule has 0 bridgehead atoms. The maximum atomic E-state index is 12.2. The molecule has 1 N–H and O–H groups in total. The number of sulfonamides is 1. The molecule has 1 heterocycles. The van der Waals surface area contributed by atoms with E-state index in [0.29, 0.717) is 26.2 Å². The van der Waals surface area contributed by atoms with Gasteiger partial charge in [0.1, 0.15) is 12.4 Å². The molecule has 1 aliphatic rings. The van der Waals surface area contributed by atoms with E-state index in [-0.39, 0.29) is 12.4 Å². The third-order valence-electron chi connectivity index (χ3n) is 3.50. The van der Waals surface area contributed by atoms with E-state index in [9.17, 15) is 8.42 Å². The quantitative estimate of drug-likeness (QED) is 0.561.